The molecule has 5 nitrogen and oxygen atoms in total. The molecule has 0 amide bonds. The van der Waals surface area contributed by atoms with Gasteiger partial charge in [-0.3, -0.25) is 9.78 Å². The van der Waals surface area contributed by atoms with Gasteiger partial charge in [0.15, 0.2) is 5.78 Å². The lowest BCUT2D eigenvalue weighted by Gasteiger charge is -2.36. The van der Waals surface area contributed by atoms with Gasteiger partial charge >= 0.3 is 5.97 Å². The SMILES string of the molecule is COC(=O)C1=C(C)NC2=C(C(=O)C[C@@H](c3ccccc3)C2)[C@@H]1c1cccnc1. The van der Waals surface area contributed by atoms with Gasteiger partial charge in [0.2, 0.25) is 0 Å². The summed E-state index contributed by atoms with van der Waals surface area (Å²) in [5, 5.41) is 3.33. The zero-order chi connectivity index (χ0) is 19.7. The molecule has 1 aromatic carbocycles. The molecule has 0 radical (unpaired) electrons. The fourth-order valence-electron chi connectivity index (χ4n) is 4.26. The number of ketones is 1. The molecule has 0 spiro atoms. The molecule has 2 atom stereocenters. The second kappa shape index (κ2) is 7.43. The molecule has 28 heavy (non-hydrogen) atoms. The van der Waals surface area contributed by atoms with Crippen LogP contribution < -0.4 is 5.32 Å². The molecule has 5 heteroatoms. The highest BCUT2D eigenvalue weighted by atomic mass is 16.5. The number of nitrogens with zero attached hydrogens (tertiary/aromatic N) is 1. The van der Waals surface area contributed by atoms with Crippen LogP contribution in [-0.4, -0.2) is 23.8 Å². The number of ether oxygens (including phenoxy) is 1. The smallest absolute Gasteiger partial charge is 0.336 e. The van der Waals surface area contributed by atoms with E-state index in [0.29, 0.717) is 17.6 Å². The van der Waals surface area contributed by atoms with Crippen LogP contribution in [0.5, 0.6) is 0 Å². The van der Waals surface area contributed by atoms with E-state index in [2.05, 4.69) is 22.4 Å². The summed E-state index contributed by atoms with van der Waals surface area (Å²) < 4.78 is 5.03. The van der Waals surface area contributed by atoms with Gasteiger partial charge in [-0.2, -0.15) is 0 Å². The zero-order valence-corrected chi connectivity index (χ0v) is 15.9. The van der Waals surface area contributed by atoms with Crippen molar-refractivity contribution in [2.24, 2.45) is 0 Å². The van der Waals surface area contributed by atoms with Gasteiger partial charge in [-0.05, 0) is 36.5 Å². The standard InChI is InChI=1S/C23H22N2O3/c1-14-20(23(27)28-2)21(16-9-6-10-24-13-16)22-18(25-14)11-17(12-19(22)26)15-7-4-3-5-8-15/h3-10,13,17,21,25H,11-12H2,1-2H3/t17-,21+/m0/s1. The third kappa shape index (κ3) is 3.13. The molecule has 1 aliphatic heterocycles. The zero-order valence-electron chi connectivity index (χ0n) is 15.9. The number of esters is 1. The Morgan fingerprint density at radius 3 is 2.54 bits per heavy atom. The normalized spacial score (nSPS) is 21.9. The van der Waals surface area contributed by atoms with Crippen LogP contribution in [-0.2, 0) is 14.3 Å². The number of pyridine rings is 1. The van der Waals surface area contributed by atoms with E-state index in [1.165, 1.54) is 7.11 Å². The summed E-state index contributed by atoms with van der Waals surface area (Å²) >= 11 is 0. The van der Waals surface area contributed by atoms with Gasteiger partial charge in [0.05, 0.1) is 12.7 Å². The predicted octanol–water partition coefficient (Wildman–Crippen LogP) is 3.62. The number of aromatic nitrogens is 1. The van der Waals surface area contributed by atoms with Crippen molar-refractivity contribution < 1.29 is 14.3 Å². The molecular formula is C23H22N2O3. The number of hydrogen-bond acceptors (Lipinski definition) is 5. The molecule has 1 aliphatic carbocycles. The molecule has 2 aromatic rings. The van der Waals surface area contributed by atoms with Crippen LogP contribution in [0, 0.1) is 0 Å². The van der Waals surface area contributed by atoms with E-state index in [4.69, 9.17) is 4.74 Å². The number of carbonyl (C=O) groups is 2. The lowest BCUT2D eigenvalue weighted by Crippen LogP contribution is -2.36. The molecule has 0 fully saturated rings. The highest BCUT2D eigenvalue weighted by Crippen LogP contribution is 2.45. The minimum absolute atomic E-state index is 0.0605. The average molecular weight is 374 g/mol. The van der Waals surface area contributed by atoms with Crippen molar-refractivity contribution in [3.05, 3.63) is 88.5 Å². The molecular weight excluding hydrogens is 352 g/mol. The molecule has 0 saturated carbocycles. The topological polar surface area (TPSA) is 68.3 Å². The first-order valence-corrected chi connectivity index (χ1v) is 9.37. The number of methoxy groups -OCH3 is 1. The van der Waals surface area contributed by atoms with Crippen LogP contribution in [0.4, 0.5) is 0 Å². The Hall–Kier alpha value is -3.21. The first-order chi connectivity index (χ1) is 13.6. The van der Waals surface area contributed by atoms with E-state index in [-0.39, 0.29) is 11.7 Å². The first-order valence-electron chi connectivity index (χ1n) is 9.37. The van der Waals surface area contributed by atoms with Crippen molar-refractivity contribution in [2.75, 3.05) is 7.11 Å². The van der Waals surface area contributed by atoms with Gasteiger partial charge in [0, 0.05) is 41.7 Å². The van der Waals surface area contributed by atoms with Crippen LogP contribution in [0.1, 0.15) is 42.7 Å². The molecule has 0 unspecified atom stereocenters. The molecule has 142 valence electrons. The van der Waals surface area contributed by atoms with E-state index in [1.807, 2.05) is 37.3 Å². The maximum atomic E-state index is 13.3. The number of carbonyl (C=O) groups excluding carboxylic acids is 2. The van der Waals surface area contributed by atoms with Crippen LogP contribution in [0.15, 0.2) is 77.4 Å². The number of Topliss-reactive ketones (excluding diaryl/α,β-unsaturated/α-hetero) is 1. The summed E-state index contributed by atoms with van der Waals surface area (Å²) in [6, 6.07) is 13.8. The van der Waals surface area contributed by atoms with Gasteiger partial charge in [0.1, 0.15) is 0 Å². The molecule has 4 rings (SSSR count). The van der Waals surface area contributed by atoms with Crippen LogP contribution in [0.25, 0.3) is 0 Å². The number of rotatable bonds is 3. The number of hydrogen-bond donors (Lipinski definition) is 1. The highest BCUT2D eigenvalue weighted by molar-refractivity contribution is 6.04. The van der Waals surface area contributed by atoms with Crippen molar-refractivity contribution in [1.29, 1.82) is 0 Å². The van der Waals surface area contributed by atoms with E-state index < -0.39 is 11.9 Å². The Morgan fingerprint density at radius 2 is 1.86 bits per heavy atom. The van der Waals surface area contributed by atoms with Gasteiger partial charge in [-0.1, -0.05) is 36.4 Å². The number of allylic oxidation sites excluding steroid dienone is 3. The second-order valence-corrected chi connectivity index (χ2v) is 7.21. The highest BCUT2D eigenvalue weighted by Gasteiger charge is 2.41. The maximum Gasteiger partial charge on any atom is 0.336 e. The molecule has 2 aliphatic rings. The minimum Gasteiger partial charge on any atom is -0.466 e. The molecule has 1 N–H and O–H groups in total. The molecule has 2 heterocycles. The monoisotopic (exact) mass is 374 g/mol. The van der Waals surface area contributed by atoms with Crippen molar-refractivity contribution in [3.8, 4) is 0 Å². The average Bonchev–Trinajstić information content (AvgIpc) is 2.73. The van der Waals surface area contributed by atoms with Crippen molar-refractivity contribution in [2.45, 2.75) is 31.6 Å². The lowest BCUT2D eigenvalue weighted by atomic mass is 9.72. The summed E-state index contributed by atoms with van der Waals surface area (Å²) in [4.78, 5) is 30.0. The Morgan fingerprint density at radius 1 is 1.11 bits per heavy atom. The number of dihydropyridines is 1. The van der Waals surface area contributed by atoms with Crippen LogP contribution >= 0.6 is 0 Å². The fourth-order valence-corrected chi connectivity index (χ4v) is 4.26. The second-order valence-electron chi connectivity index (χ2n) is 7.21. The molecule has 0 bridgehead atoms. The Bertz CT molecular complexity index is 977. The first kappa shape index (κ1) is 18.2. The van der Waals surface area contributed by atoms with Crippen LogP contribution in [0.2, 0.25) is 0 Å². The predicted molar refractivity (Wildman–Crippen MR) is 105 cm³/mol. The quantitative estimate of drug-likeness (QED) is 0.831. The minimum atomic E-state index is -0.457. The third-order valence-electron chi connectivity index (χ3n) is 5.52. The van der Waals surface area contributed by atoms with Crippen molar-refractivity contribution >= 4 is 11.8 Å². The summed E-state index contributed by atoms with van der Waals surface area (Å²) in [6.45, 7) is 1.86. The van der Waals surface area contributed by atoms with E-state index in [1.54, 1.807) is 12.4 Å². The Kier molecular flexibility index (Phi) is 4.82. The van der Waals surface area contributed by atoms with Crippen molar-refractivity contribution in [1.82, 2.24) is 10.3 Å². The van der Waals surface area contributed by atoms with Crippen LogP contribution in [0.3, 0.4) is 0 Å². The van der Waals surface area contributed by atoms with E-state index >= 15 is 0 Å². The third-order valence-corrected chi connectivity index (χ3v) is 5.52. The molecule has 0 saturated heterocycles. The maximum absolute atomic E-state index is 13.3. The summed E-state index contributed by atoms with van der Waals surface area (Å²) in [7, 11) is 1.36. The van der Waals surface area contributed by atoms with E-state index in [9.17, 15) is 9.59 Å². The number of benzene rings is 1. The largest absolute Gasteiger partial charge is 0.466 e. The summed E-state index contributed by atoms with van der Waals surface area (Å²) in [5.74, 6) is -0.697. The Balaban J connectivity index is 1.81. The van der Waals surface area contributed by atoms with Gasteiger partial charge in [-0.15, -0.1) is 0 Å². The lowest BCUT2D eigenvalue weighted by molar-refractivity contribution is -0.136. The molecule has 1 aromatic heterocycles. The summed E-state index contributed by atoms with van der Waals surface area (Å²) in [5.41, 5.74) is 4.72. The van der Waals surface area contributed by atoms with E-state index in [0.717, 1.165) is 28.9 Å². The summed E-state index contributed by atoms with van der Waals surface area (Å²) in [6.07, 6.45) is 4.55. The van der Waals surface area contributed by atoms with Gasteiger partial charge < -0.3 is 10.1 Å². The number of nitrogens with one attached hydrogen (secondary N) is 1. The van der Waals surface area contributed by atoms with Crippen molar-refractivity contribution in [3.63, 3.8) is 0 Å². The van der Waals surface area contributed by atoms with Gasteiger partial charge in [0.25, 0.3) is 0 Å². The fraction of sp³-hybridized carbons (Fsp3) is 0.261. The van der Waals surface area contributed by atoms with Gasteiger partial charge in [-0.25, -0.2) is 4.79 Å². The Labute approximate surface area is 164 Å².